The molecule has 5 heteroatoms. The molecule has 0 radical (unpaired) electrons. The van der Waals surface area contributed by atoms with E-state index in [1.165, 1.54) is 11.3 Å². The summed E-state index contributed by atoms with van der Waals surface area (Å²) in [5.41, 5.74) is 3.53. The number of hydrogen-bond donors (Lipinski definition) is 0. The number of allylic oxidation sites excluding steroid dienone is 1. The van der Waals surface area contributed by atoms with Crippen LogP contribution in [0.2, 0.25) is 0 Å². The van der Waals surface area contributed by atoms with Gasteiger partial charge in [0.1, 0.15) is 11.1 Å². The number of fused-ring (bicyclic) bond motifs is 1. The maximum atomic E-state index is 9.47. The van der Waals surface area contributed by atoms with E-state index in [2.05, 4.69) is 21.7 Å². The fraction of sp³-hybridized carbons (Fsp3) is 0.167. The van der Waals surface area contributed by atoms with Crippen LogP contribution in [0.15, 0.2) is 35.8 Å². The molecule has 0 spiro atoms. The molecule has 0 fully saturated rings. The molecule has 0 amide bonds. The van der Waals surface area contributed by atoms with Crippen molar-refractivity contribution in [3.63, 3.8) is 0 Å². The molecular weight excluding hydrogens is 304 g/mol. The van der Waals surface area contributed by atoms with Crippen LogP contribution in [-0.4, -0.2) is 9.55 Å². The van der Waals surface area contributed by atoms with Gasteiger partial charge in [0.25, 0.3) is 0 Å². The van der Waals surface area contributed by atoms with Crippen molar-refractivity contribution in [3.8, 4) is 12.1 Å². The van der Waals surface area contributed by atoms with Crippen molar-refractivity contribution < 1.29 is 0 Å². The van der Waals surface area contributed by atoms with Crippen LogP contribution in [0.5, 0.6) is 0 Å². The van der Waals surface area contributed by atoms with Crippen LogP contribution in [0.1, 0.15) is 22.7 Å². The van der Waals surface area contributed by atoms with E-state index in [4.69, 9.17) is 5.26 Å². The van der Waals surface area contributed by atoms with Gasteiger partial charge in [-0.05, 0) is 19.1 Å². The summed E-state index contributed by atoms with van der Waals surface area (Å²) in [5.74, 6) is 0. The molecule has 1 aromatic carbocycles. The Balaban J connectivity index is 2.11. The molecule has 0 atom stereocenters. The van der Waals surface area contributed by atoms with E-state index in [0.717, 1.165) is 27.2 Å². The van der Waals surface area contributed by atoms with Gasteiger partial charge in [-0.25, -0.2) is 4.98 Å². The Hall–Kier alpha value is -2.89. The first-order chi connectivity index (χ1) is 11.2. The lowest BCUT2D eigenvalue weighted by Gasteiger charge is -2.00. The predicted molar refractivity (Wildman–Crippen MR) is 92.5 cm³/mol. The van der Waals surface area contributed by atoms with Crippen molar-refractivity contribution in [2.75, 3.05) is 0 Å². The van der Waals surface area contributed by atoms with E-state index in [0.29, 0.717) is 18.5 Å². The van der Waals surface area contributed by atoms with E-state index in [1.54, 1.807) is 0 Å². The summed E-state index contributed by atoms with van der Waals surface area (Å²) in [5, 5.41) is 22.0. The topological polar surface area (TPSA) is 65.4 Å². The fourth-order valence-electron chi connectivity index (χ4n) is 2.52. The Morgan fingerprint density at radius 2 is 2.17 bits per heavy atom. The largest absolute Gasteiger partial charge is 0.346 e. The summed E-state index contributed by atoms with van der Waals surface area (Å²) < 4.78 is 2.06. The molecule has 4 nitrogen and oxygen atoms in total. The molecule has 0 bridgehead atoms. The number of nitriles is 2. The Morgan fingerprint density at radius 1 is 1.35 bits per heavy atom. The molecule has 0 aliphatic heterocycles. The smallest absolute Gasteiger partial charge is 0.134 e. The van der Waals surface area contributed by atoms with E-state index >= 15 is 0 Å². The second kappa shape index (κ2) is 6.48. The molecule has 0 aliphatic rings. The molecule has 0 N–H and O–H groups in total. The second-order valence-electron chi connectivity index (χ2n) is 5.17. The maximum Gasteiger partial charge on any atom is 0.134 e. The molecule has 0 saturated heterocycles. The molecule has 3 aromatic rings. The van der Waals surface area contributed by atoms with Crippen LogP contribution in [0, 0.1) is 29.6 Å². The highest BCUT2D eigenvalue weighted by atomic mass is 32.1. The van der Waals surface area contributed by atoms with Crippen molar-refractivity contribution in [1.82, 2.24) is 9.55 Å². The zero-order valence-corrected chi connectivity index (χ0v) is 13.5. The number of nitrogens with zero attached hydrogens (tertiary/aromatic N) is 4. The van der Waals surface area contributed by atoms with Gasteiger partial charge in [-0.2, -0.15) is 10.5 Å². The minimum absolute atomic E-state index is 0.457. The Morgan fingerprint density at radius 3 is 2.87 bits per heavy atom. The van der Waals surface area contributed by atoms with E-state index in [1.807, 2.05) is 48.8 Å². The Kier molecular flexibility index (Phi) is 4.23. The molecule has 0 aliphatic carbocycles. The minimum Gasteiger partial charge on any atom is -0.346 e. The lowest BCUT2D eigenvalue weighted by atomic mass is 10.1. The zero-order valence-electron chi connectivity index (χ0n) is 12.7. The van der Waals surface area contributed by atoms with Gasteiger partial charge in [0.05, 0.1) is 18.1 Å². The lowest BCUT2D eigenvalue weighted by Crippen LogP contribution is -1.94. The summed E-state index contributed by atoms with van der Waals surface area (Å²) in [7, 11) is 0. The number of aryl methyl sites for hydroxylation is 2. The fourth-order valence-corrected chi connectivity index (χ4v) is 3.28. The number of thiazole rings is 1. The highest BCUT2D eigenvalue weighted by Crippen LogP contribution is 2.27. The van der Waals surface area contributed by atoms with E-state index < -0.39 is 0 Å². The summed E-state index contributed by atoms with van der Waals surface area (Å²) in [4.78, 5) is 4.39. The Labute approximate surface area is 138 Å². The Bertz CT molecular complexity index is 963. The van der Waals surface area contributed by atoms with Crippen molar-refractivity contribution >= 4 is 33.9 Å². The highest BCUT2D eigenvalue weighted by Gasteiger charge is 2.10. The van der Waals surface area contributed by atoms with Crippen molar-refractivity contribution in [3.05, 3.63) is 52.1 Å². The SMILES string of the molecule is Cc1csc(/C(C#N)=C/c2cn(CCC#N)c3ccccc23)n1. The monoisotopic (exact) mass is 318 g/mol. The third-order valence-corrected chi connectivity index (χ3v) is 4.55. The quantitative estimate of drug-likeness (QED) is 0.670. The van der Waals surface area contributed by atoms with E-state index in [-0.39, 0.29) is 0 Å². The van der Waals surface area contributed by atoms with Crippen molar-refractivity contribution in [1.29, 1.82) is 10.5 Å². The van der Waals surface area contributed by atoms with Crippen LogP contribution in [0.4, 0.5) is 0 Å². The number of para-hydroxylation sites is 1. The lowest BCUT2D eigenvalue weighted by molar-refractivity contribution is 0.744. The van der Waals surface area contributed by atoms with Gasteiger partial charge in [-0.3, -0.25) is 0 Å². The molecular formula is C18H14N4S. The first-order valence-corrected chi connectivity index (χ1v) is 8.10. The zero-order chi connectivity index (χ0) is 16.2. The predicted octanol–water partition coefficient (Wildman–Crippen LogP) is 4.38. The van der Waals surface area contributed by atoms with Crippen LogP contribution >= 0.6 is 11.3 Å². The van der Waals surface area contributed by atoms with Gasteiger partial charge in [-0.1, -0.05) is 18.2 Å². The number of rotatable bonds is 4. The second-order valence-corrected chi connectivity index (χ2v) is 6.03. The van der Waals surface area contributed by atoms with Gasteiger partial charge in [0, 0.05) is 40.3 Å². The average Bonchev–Trinajstić information content (AvgIpc) is 3.15. The summed E-state index contributed by atoms with van der Waals surface area (Å²) in [6, 6.07) is 12.4. The highest BCUT2D eigenvalue weighted by molar-refractivity contribution is 7.11. The third kappa shape index (κ3) is 3.01. The first-order valence-electron chi connectivity index (χ1n) is 7.22. The first kappa shape index (κ1) is 15.0. The van der Waals surface area contributed by atoms with E-state index in [9.17, 15) is 5.26 Å². The maximum absolute atomic E-state index is 9.47. The van der Waals surface area contributed by atoms with Crippen LogP contribution in [-0.2, 0) is 6.54 Å². The van der Waals surface area contributed by atoms with Gasteiger partial charge in [-0.15, -0.1) is 11.3 Å². The number of aromatic nitrogens is 2. The summed E-state index contributed by atoms with van der Waals surface area (Å²) in [6.45, 7) is 2.56. The molecule has 0 unspecified atom stereocenters. The van der Waals surface area contributed by atoms with Gasteiger partial charge < -0.3 is 4.57 Å². The van der Waals surface area contributed by atoms with Crippen LogP contribution in [0.3, 0.4) is 0 Å². The number of benzene rings is 1. The number of hydrogen-bond acceptors (Lipinski definition) is 4. The van der Waals surface area contributed by atoms with Crippen molar-refractivity contribution in [2.24, 2.45) is 0 Å². The van der Waals surface area contributed by atoms with Crippen molar-refractivity contribution in [2.45, 2.75) is 19.9 Å². The molecule has 112 valence electrons. The standard InChI is InChI=1S/C18H14N4S/c1-13-12-23-18(21-13)14(10-20)9-15-11-22(8-4-7-19)17-6-3-2-5-16(15)17/h2-3,5-6,9,11-12H,4,8H2,1H3/b14-9+. The summed E-state index contributed by atoms with van der Waals surface area (Å²) >= 11 is 1.48. The van der Waals surface area contributed by atoms with Gasteiger partial charge >= 0.3 is 0 Å². The third-order valence-electron chi connectivity index (χ3n) is 3.55. The van der Waals surface area contributed by atoms with Gasteiger partial charge in [0.15, 0.2) is 0 Å². The molecule has 23 heavy (non-hydrogen) atoms. The molecule has 3 rings (SSSR count). The molecule has 2 aromatic heterocycles. The molecule has 0 saturated carbocycles. The van der Waals surface area contributed by atoms with Gasteiger partial charge in [0.2, 0.25) is 0 Å². The minimum atomic E-state index is 0.457. The van der Waals surface area contributed by atoms with Crippen LogP contribution < -0.4 is 0 Å². The normalized spacial score (nSPS) is 11.3. The van der Waals surface area contributed by atoms with Crippen LogP contribution in [0.25, 0.3) is 22.6 Å². The average molecular weight is 318 g/mol. The molecule has 2 heterocycles. The summed E-state index contributed by atoms with van der Waals surface area (Å²) in [6.07, 6.45) is 4.34.